The molecular weight excluding hydrogens is 218 g/mol. The van der Waals surface area contributed by atoms with E-state index in [4.69, 9.17) is 5.73 Å². The number of anilines is 1. The van der Waals surface area contributed by atoms with Crippen LogP contribution in [0, 0.1) is 13.8 Å². The van der Waals surface area contributed by atoms with Gasteiger partial charge in [0, 0.05) is 11.1 Å². The molecule has 0 saturated heterocycles. The quantitative estimate of drug-likeness (QED) is 0.780. The highest BCUT2D eigenvalue weighted by Crippen LogP contribution is 2.35. The lowest BCUT2D eigenvalue weighted by atomic mass is 9.77. The molecule has 0 radical (unpaired) electrons. The lowest BCUT2D eigenvalue weighted by molar-refractivity contribution is 0.643. The zero-order valence-corrected chi connectivity index (χ0v) is 11.6. The van der Waals surface area contributed by atoms with Crippen molar-refractivity contribution < 1.29 is 0 Å². The predicted molar refractivity (Wildman–Crippen MR) is 78.9 cm³/mol. The SMILES string of the molecule is Cc1ccc(C(C)(C)c2ccc(C)cc2N)cc1. The van der Waals surface area contributed by atoms with Gasteiger partial charge in [-0.05, 0) is 36.6 Å². The van der Waals surface area contributed by atoms with Crippen molar-refractivity contribution in [2.75, 3.05) is 5.73 Å². The van der Waals surface area contributed by atoms with E-state index < -0.39 is 0 Å². The Morgan fingerprint density at radius 3 is 1.94 bits per heavy atom. The summed E-state index contributed by atoms with van der Waals surface area (Å²) in [7, 11) is 0. The first-order valence-corrected chi connectivity index (χ1v) is 6.35. The van der Waals surface area contributed by atoms with Crippen molar-refractivity contribution in [3.8, 4) is 0 Å². The Hall–Kier alpha value is -1.76. The van der Waals surface area contributed by atoms with E-state index in [0.29, 0.717) is 0 Å². The molecule has 0 spiro atoms. The molecule has 0 unspecified atom stereocenters. The van der Waals surface area contributed by atoms with Crippen molar-refractivity contribution >= 4 is 5.69 Å². The van der Waals surface area contributed by atoms with Gasteiger partial charge in [-0.2, -0.15) is 0 Å². The maximum Gasteiger partial charge on any atom is 0.0358 e. The molecule has 0 bridgehead atoms. The van der Waals surface area contributed by atoms with E-state index >= 15 is 0 Å². The Bertz CT molecular complexity index is 550. The Balaban J connectivity index is 2.50. The average molecular weight is 239 g/mol. The Kier molecular flexibility index (Phi) is 3.16. The smallest absolute Gasteiger partial charge is 0.0358 e. The molecule has 0 fully saturated rings. The van der Waals surface area contributed by atoms with Gasteiger partial charge in [-0.25, -0.2) is 0 Å². The van der Waals surface area contributed by atoms with Crippen LogP contribution in [0.4, 0.5) is 5.69 Å². The standard InChI is InChI=1S/C17H21N/c1-12-5-8-14(9-6-12)17(3,4)15-10-7-13(2)11-16(15)18/h5-11H,18H2,1-4H3. The fraction of sp³-hybridized carbons (Fsp3) is 0.294. The first kappa shape index (κ1) is 12.7. The van der Waals surface area contributed by atoms with Crippen molar-refractivity contribution in [2.45, 2.75) is 33.1 Å². The van der Waals surface area contributed by atoms with Gasteiger partial charge in [-0.1, -0.05) is 55.8 Å². The van der Waals surface area contributed by atoms with E-state index in [1.807, 2.05) is 6.07 Å². The zero-order chi connectivity index (χ0) is 13.3. The molecule has 0 aliphatic heterocycles. The molecule has 0 amide bonds. The first-order valence-electron chi connectivity index (χ1n) is 6.35. The third-order valence-corrected chi connectivity index (χ3v) is 3.65. The molecule has 2 aromatic carbocycles. The zero-order valence-electron chi connectivity index (χ0n) is 11.6. The molecule has 2 N–H and O–H groups in total. The summed E-state index contributed by atoms with van der Waals surface area (Å²) in [6.45, 7) is 8.62. The molecular formula is C17H21N. The topological polar surface area (TPSA) is 26.0 Å². The fourth-order valence-corrected chi connectivity index (χ4v) is 2.38. The molecule has 0 aromatic heterocycles. The van der Waals surface area contributed by atoms with E-state index in [1.54, 1.807) is 0 Å². The van der Waals surface area contributed by atoms with Crippen LogP contribution >= 0.6 is 0 Å². The second-order valence-electron chi connectivity index (χ2n) is 5.58. The van der Waals surface area contributed by atoms with Crippen LogP contribution in [0.25, 0.3) is 0 Å². The molecule has 2 aromatic rings. The number of rotatable bonds is 2. The third-order valence-electron chi connectivity index (χ3n) is 3.65. The van der Waals surface area contributed by atoms with Crippen LogP contribution in [0.5, 0.6) is 0 Å². The van der Waals surface area contributed by atoms with E-state index in [2.05, 4.69) is 64.1 Å². The van der Waals surface area contributed by atoms with E-state index in [9.17, 15) is 0 Å². The number of nitrogens with two attached hydrogens (primary N) is 1. The number of nitrogen functional groups attached to an aromatic ring is 1. The molecule has 0 heterocycles. The summed E-state index contributed by atoms with van der Waals surface area (Å²) in [5, 5.41) is 0. The number of aryl methyl sites for hydroxylation is 2. The summed E-state index contributed by atoms with van der Waals surface area (Å²) in [6.07, 6.45) is 0. The van der Waals surface area contributed by atoms with Crippen LogP contribution in [0.2, 0.25) is 0 Å². The van der Waals surface area contributed by atoms with Gasteiger partial charge in [-0.15, -0.1) is 0 Å². The minimum atomic E-state index is -0.0640. The second-order valence-corrected chi connectivity index (χ2v) is 5.58. The van der Waals surface area contributed by atoms with Gasteiger partial charge in [0.05, 0.1) is 0 Å². The minimum absolute atomic E-state index is 0.0640. The molecule has 0 aliphatic rings. The molecule has 1 heteroatoms. The average Bonchev–Trinajstić information content (AvgIpc) is 2.29. The van der Waals surface area contributed by atoms with Gasteiger partial charge >= 0.3 is 0 Å². The van der Waals surface area contributed by atoms with Gasteiger partial charge in [0.25, 0.3) is 0 Å². The molecule has 0 aliphatic carbocycles. The normalized spacial score (nSPS) is 11.6. The fourth-order valence-electron chi connectivity index (χ4n) is 2.38. The van der Waals surface area contributed by atoms with Gasteiger partial charge in [-0.3, -0.25) is 0 Å². The van der Waals surface area contributed by atoms with Crippen molar-refractivity contribution in [3.63, 3.8) is 0 Å². The lowest BCUT2D eigenvalue weighted by Gasteiger charge is -2.28. The number of hydrogen-bond donors (Lipinski definition) is 1. The highest BCUT2D eigenvalue weighted by Gasteiger charge is 2.24. The summed E-state index contributed by atoms with van der Waals surface area (Å²) < 4.78 is 0. The minimum Gasteiger partial charge on any atom is -0.398 e. The van der Waals surface area contributed by atoms with Crippen LogP contribution in [-0.4, -0.2) is 0 Å². The highest BCUT2D eigenvalue weighted by atomic mass is 14.6. The van der Waals surface area contributed by atoms with Gasteiger partial charge in [0.15, 0.2) is 0 Å². The second kappa shape index (κ2) is 4.49. The number of hydrogen-bond acceptors (Lipinski definition) is 1. The van der Waals surface area contributed by atoms with Crippen molar-refractivity contribution in [1.82, 2.24) is 0 Å². The maximum absolute atomic E-state index is 6.17. The van der Waals surface area contributed by atoms with E-state index in [0.717, 1.165) is 5.69 Å². The Morgan fingerprint density at radius 1 is 0.833 bits per heavy atom. The summed E-state index contributed by atoms with van der Waals surface area (Å²) in [5.41, 5.74) is 12.0. The monoisotopic (exact) mass is 239 g/mol. The molecule has 0 atom stereocenters. The molecule has 2 rings (SSSR count). The van der Waals surface area contributed by atoms with Crippen LogP contribution in [0.15, 0.2) is 42.5 Å². The van der Waals surface area contributed by atoms with Crippen LogP contribution in [0.1, 0.15) is 36.1 Å². The van der Waals surface area contributed by atoms with Crippen LogP contribution in [-0.2, 0) is 5.41 Å². The third kappa shape index (κ3) is 2.26. The Morgan fingerprint density at radius 2 is 1.39 bits per heavy atom. The molecule has 0 saturated carbocycles. The van der Waals surface area contributed by atoms with Crippen molar-refractivity contribution in [2.24, 2.45) is 0 Å². The summed E-state index contributed by atoms with van der Waals surface area (Å²) in [4.78, 5) is 0. The summed E-state index contributed by atoms with van der Waals surface area (Å²) >= 11 is 0. The molecule has 94 valence electrons. The number of benzene rings is 2. The van der Waals surface area contributed by atoms with Crippen LogP contribution in [0.3, 0.4) is 0 Å². The Labute approximate surface area is 110 Å². The van der Waals surface area contributed by atoms with E-state index in [1.165, 1.54) is 22.3 Å². The molecule has 1 nitrogen and oxygen atoms in total. The van der Waals surface area contributed by atoms with Crippen molar-refractivity contribution in [1.29, 1.82) is 0 Å². The van der Waals surface area contributed by atoms with Crippen molar-refractivity contribution in [3.05, 3.63) is 64.7 Å². The summed E-state index contributed by atoms with van der Waals surface area (Å²) in [5.74, 6) is 0. The van der Waals surface area contributed by atoms with Gasteiger partial charge in [0.1, 0.15) is 0 Å². The predicted octanol–water partition coefficient (Wildman–Crippen LogP) is 4.21. The van der Waals surface area contributed by atoms with Crippen LogP contribution < -0.4 is 5.73 Å². The van der Waals surface area contributed by atoms with E-state index in [-0.39, 0.29) is 5.41 Å². The maximum atomic E-state index is 6.17. The summed E-state index contributed by atoms with van der Waals surface area (Å²) in [6, 6.07) is 15.0. The lowest BCUT2D eigenvalue weighted by Crippen LogP contribution is -2.20. The van der Waals surface area contributed by atoms with Gasteiger partial charge < -0.3 is 5.73 Å². The molecule has 18 heavy (non-hydrogen) atoms. The highest BCUT2D eigenvalue weighted by molar-refractivity contribution is 5.55. The first-order chi connectivity index (χ1) is 8.41. The largest absolute Gasteiger partial charge is 0.398 e. The van der Waals surface area contributed by atoms with Gasteiger partial charge in [0.2, 0.25) is 0 Å².